The molecule has 0 aliphatic heterocycles. The molecule has 0 aromatic rings. The molecule has 0 aliphatic carbocycles. The van der Waals surface area contributed by atoms with Gasteiger partial charge in [-0.2, -0.15) is 12.6 Å². The molecule has 4 heteroatoms. The second-order valence-corrected chi connectivity index (χ2v) is 6.68. The van der Waals surface area contributed by atoms with E-state index < -0.39 is 11.2 Å². The summed E-state index contributed by atoms with van der Waals surface area (Å²) < 4.78 is 0. The molecular formula is C18H34O3S. The van der Waals surface area contributed by atoms with E-state index in [4.69, 9.17) is 5.11 Å². The van der Waals surface area contributed by atoms with Crippen molar-refractivity contribution in [3.05, 3.63) is 12.2 Å². The molecular weight excluding hydrogens is 297 g/mol. The molecule has 0 aromatic carbocycles. The van der Waals surface area contributed by atoms with Gasteiger partial charge in [0.15, 0.2) is 0 Å². The van der Waals surface area contributed by atoms with Gasteiger partial charge >= 0.3 is 5.97 Å². The van der Waals surface area contributed by atoms with Gasteiger partial charge in [-0.25, -0.2) is 0 Å². The number of rotatable bonds is 15. The van der Waals surface area contributed by atoms with Crippen LogP contribution in [0.1, 0.15) is 84.0 Å². The number of aliphatic hydroxyl groups is 1. The summed E-state index contributed by atoms with van der Waals surface area (Å²) in [5, 5.41) is 18.0. The van der Waals surface area contributed by atoms with Crippen LogP contribution in [-0.4, -0.2) is 27.5 Å². The first-order valence-electron chi connectivity index (χ1n) is 8.81. The zero-order valence-electron chi connectivity index (χ0n) is 14.0. The van der Waals surface area contributed by atoms with Crippen molar-refractivity contribution < 1.29 is 15.0 Å². The number of aliphatic carboxylic acids is 1. The maximum atomic E-state index is 10.6. The van der Waals surface area contributed by atoms with E-state index in [2.05, 4.69) is 31.7 Å². The van der Waals surface area contributed by atoms with Gasteiger partial charge in [-0.05, 0) is 32.1 Å². The van der Waals surface area contributed by atoms with Crippen molar-refractivity contribution in [3.8, 4) is 0 Å². The molecule has 0 radical (unpaired) electrons. The number of aliphatic hydroxyl groups excluding tert-OH is 1. The Kier molecular flexibility index (Phi) is 15.1. The summed E-state index contributed by atoms with van der Waals surface area (Å²) in [5.41, 5.74) is 0. The monoisotopic (exact) mass is 331 g/mol. The number of carbonyl (C=O) groups is 1. The van der Waals surface area contributed by atoms with Gasteiger partial charge < -0.3 is 10.2 Å². The first-order valence-corrected chi connectivity index (χ1v) is 9.33. The van der Waals surface area contributed by atoms with Crippen LogP contribution in [0.4, 0.5) is 0 Å². The van der Waals surface area contributed by atoms with Crippen LogP contribution in [0.2, 0.25) is 0 Å². The molecule has 1 unspecified atom stereocenters. The summed E-state index contributed by atoms with van der Waals surface area (Å²) in [6.45, 7) is 2.20. The van der Waals surface area contributed by atoms with Crippen molar-refractivity contribution in [2.24, 2.45) is 0 Å². The predicted octanol–water partition coefficient (Wildman–Crippen LogP) is 4.99. The van der Waals surface area contributed by atoms with Crippen LogP contribution in [0.3, 0.4) is 0 Å². The lowest BCUT2D eigenvalue weighted by molar-refractivity contribution is -0.136. The third kappa shape index (κ3) is 14.5. The van der Waals surface area contributed by atoms with Gasteiger partial charge in [-0.3, -0.25) is 4.79 Å². The Labute approximate surface area is 141 Å². The second kappa shape index (κ2) is 15.4. The quantitative estimate of drug-likeness (QED) is 0.171. The van der Waals surface area contributed by atoms with Gasteiger partial charge in [-0.1, -0.05) is 64.0 Å². The van der Waals surface area contributed by atoms with Gasteiger partial charge in [0, 0.05) is 0 Å². The maximum absolute atomic E-state index is 10.6. The minimum absolute atomic E-state index is 0.184. The Hall–Kier alpha value is -0.480. The zero-order chi connectivity index (χ0) is 16.6. The number of hydrogen-bond acceptors (Lipinski definition) is 3. The van der Waals surface area contributed by atoms with E-state index in [9.17, 15) is 9.90 Å². The fourth-order valence-corrected chi connectivity index (χ4v) is 2.56. The summed E-state index contributed by atoms with van der Waals surface area (Å²) in [6, 6.07) is 0. The van der Waals surface area contributed by atoms with Crippen LogP contribution < -0.4 is 0 Å². The van der Waals surface area contributed by atoms with Crippen LogP contribution in [-0.2, 0) is 4.79 Å². The van der Waals surface area contributed by atoms with Gasteiger partial charge in [0.1, 0.15) is 0 Å². The van der Waals surface area contributed by atoms with E-state index in [0.29, 0.717) is 6.42 Å². The van der Waals surface area contributed by atoms with E-state index in [-0.39, 0.29) is 6.10 Å². The zero-order valence-corrected chi connectivity index (χ0v) is 14.9. The van der Waals surface area contributed by atoms with E-state index >= 15 is 0 Å². The summed E-state index contributed by atoms with van der Waals surface area (Å²) in [5.74, 6) is -0.820. The van der Waals surface area contributed by atoms with Gasteiger partial charge in [0.25, 0.3) is 0 Å². The lowest BCUT2D eigenvalue weighted by Gasteiger charge is -2.07. The highest BCUT2D eigenvalue weighted by molar-refractivity contribution is 7.81. The molecule has 3 nitrogen and oxygen atoms in total. The molecule has 22 heavy (non-hydrogen) atoms. The Morgan fingerprint density at radius 3 is 2.32 bits per heavy atom. The Morgan fingerprint density at radius 1 is 1.00 bits per heavy atom. The molecule has 0 heterocycles. The van der Waals surface area contributed by atoms with Gasteiger partial charge in [-0.15, -0.1) is 0 Å². The van der Waals surface area contributed by atoms with Crippen LogP contribution in [0.25, 0.3) is 0 Å². The number of hydrogen-bond donors (Lipinski definition) is 3. The average molecular weight is 332 g/mol. The van der Waals surface area contributed by atoms with Crippen LogP contribution in [0.15, 0.2) is 12.2 Å². The predicted molar refractivity (Wildman–Crippen MR) is 96.6 cm³/mol. The van der Waals surface area contributed by atoms with Crippen LogP contribution >= 0.6 is 12.6 Å². The summed E-state index contributed by atoms with van der Waals surface area (Å²) >= 11 is 4.02. The fourth-order valence-electron chi connectivity index (χ4n) is 2.37. The smallest absolute Gasteiger partial charge is 0.316 e. The Bertz CT molecular complexity index is 292. The van der Waals surface area contributed by atoms with Crippen molar-refractivity contribution in [3.63, 3.8) is 0 Å². The lowest BCUT2D eigenvalue weighted by Crippen LogP contribution is -2.12. The van der Waals surface area contributed by atoms with Crippen molar-refractivity contribution in [1.29, 1.82) is 0 Å². The van der Waals surface area contributed by atoms with E-state index in [1.165, 1.54) is 19.3 Å². The summed E-state index contributed by atoms with van der Waals surface area (Å²) in [7, 11) is 0. The first-order chi connectivity index (χ1) is 10.6. The molecule has 2 N–H and O–H groups in total. The molecule has 0 saturated carbocycles. The standard InChI is InChI=1S/C18H34O3S/c1-2-3-4-10-13-16(19)14-11-8-6-5-7-9-12-15-17(22)18(20)21/h8,11,16-17,19,22H,2-7,9-10,12-15H2,1H3,(H,20,21)/b11-8-/t16-,17?/m1/s1/i18+1. The van der Waals surface area contributed by atoms with Crippen LogP contribution in [0.5, 0.6) is 0 Å². The molecule has 0 spiro atoms. The highest BCUT2D eigenvalue weighted by Gasteiger charge is 2.10. The van der Waals surface area contributed by atoms with Crippen LogP contribution in [0, 0.1) is 0 Å². The Balaban J connectivity index is 3.34. The molecule has 0 aliphatic rings. The fraction of sp³-hybridized carbons (Fsp3) is 0.833. The van der Waals surface area contributed by atoms with Crippen molar-refractivity contribution in [2.75, 3.05) is 0 Å². The highest BCUT2D eigenvalue weighted by Crippen LogP contribution is 2.12. The number of allylic oxidation sites excluding steroid dienone is 1. The molecule has 0 rings (SSSR count). The normalized spacial score (nSPS) is 14.3. The van der Waals surface area contributed by atoms with Crippen molar-refractivity contribution in [1.82, 2.24) is 0 Å². The SMILES string of the molecule is CCCCCC[C@@H](O)C/C=C\CCCCCCC(S)[13C](=O)O. The topological polar surface area (TPSA) is 57.5 Å². The maximum Gasteiger partial charge on any atom is 0.316 e. The highest BCUT2D eigenvalue weighted by atomic mass is 32.1. The number of thiol groups is 1. The number of carboxylic acid groups (broad SMARTS) is 1. The minimum atomic E-state index is -0.820. The number of unbranched alkanes of at least 4 members (excludes halogenated alkanes) is 7. The third-order valence-electron chi connectivity index (χ3n) is 3.85. The third-order valence-corrected chi connectivity index (χ3v) is 4.33. The molecule has 0 aromatic heterocycles. The van der Waals surface area contributed by atoms with Gasteiger partial charge in [0.05, 0.1) is 11.4 Å². The summed E-state index contributed by atoms with van der Waals surface area (Å²) in [6.07, 6.45) is 16.6. The first kappa shape index (κ1) is 21.5. The Morgan fingerprint density at radius 2 is 1.64 bits per heavy atom. The average Bonchev–Trinajstić information content (AvgIpc) is 2.49. The minimum Gasteiger partial charge on any atom is -0.480 e. The van der Waals surface area contributed by atoms with E-state index in [1.807, 2.05) is 0 Å². The molecule has 0 amide bonds. The van der Waals surface area contributed by atoms with Crippen molar-refractivity contribution >= 4 is 18.6 Å². The molecule has 130 valence electrons. The second-order valence-electron chi connectivity index (χ2n) is 6.06. The largest absolute Gasteiger partial charge is 0.480 e. The lowest BCUT2D eigenvalue weighted by atomic mass is 10.1. The number of carboxylic acids is 1. The van der Waals surface area contributed by atoms with E-state index in [0.717, 1.165) is 51.4 Å². The molecule has 0 fully saturated rings. The van der Waals surface area contributed by atoms with Gasteiger partial charge in [0.2, 0.25) is 0 Å². The molecule has 2 atom stereocenters. The summed E-state index contributed by atoms with van der Waals surface area (Å²) in [4.78, 5) is 10.6. The molecule has 0 saturated heterocycles. The molecule has 0 bridgehead atoms. The van der Waals surface area contributed by atoms with Crippen molar-refractivity contribution in [2.45, 2.75) is 95.3 Å². The van der Waals surface area contributed by atoms with E-state index in [1.54, 1.807) is 0 Å².